The molecular formula is C21H19ClN2O5S. The highest BCUT2D eigenvalue weighted by molar-refractivity contribution is 8.15. The molecule has 1 saturated heterocycles. The average Bonchev–Trinajstić information content (AvgIpc) is 2.72. The number of benzene rings is 2. The maximum Gasteiger partial charge on any atom is 0.338 e. The Kier molecular flexibility index (Phi) is 7.12. The van der Waals surface area contributed by atoms with Gasteiger partial charge in [0.15, 0.2) is 5.17 Å². The molecule has 1 fully saturated rings. The molecule has 1 aliphatic rings. The summed E-state index contributed by atoms with van der Waals surface area (Å²) in [6.45, 7) is 2.25. The average molecular weight is 447 g/mol. The smallest absolute Gasteiger partial charge is 0.338 e. The van der Waals surface area contributed by atoms with E-state index < -0.39 is 17.2 Å². The second kappa shape index (κ2) is 9.77. The number of carbonyl (C=O) groups excluding carboxylic acids is 2. The molecule has 1 heterocycles. The standard InChI is InChI=1S/C21H19ClN2O5S/c1-2-29-20(28)14-5-9-16(10-6-14)23-21-24(12-13-3-7-15(22)8-4-13)18(25)11-17(30-21)19(26)27/h3-10,17H,2,11-12H2,1H3,(H,26,27)/t17-/m0/s1. The van der Waals surface area contributed by atoms with E-state index in [0.717, 1.165) is 17.3 Å². The largest absolute Gasteiger partial charge is 0.480 e. The number of aliphatic carboxylic acids is 1. The summed E-state index contributed by atoms with van der Waals surface area (Å²) in [7, 11) is 0. The van der Waals surface area contributed by atoms with Gasteiger partial charge in [0.2, 0.25) is 5.91 Å². The summed E-state index contributed by atoms with van der Waals surface area (Å²) >= 11 is 6.95. The van der Waals surface area contributed by atoms with Crippen LogP contribution in [0, 0.1) is 0 Å². The lowest BCUT2D eigenvalue weighted by Crippen LogP contribution is -2.43. The summed E-state index contributed by atoms with van der Waals surface area (Å²) in [5, 5.41) is 9.35. The van der Waals surface area contributed by atoms with Gasteiger partial charge >= 0.3 is 11.9 Å². The summed E-state index contributed by atoms with van der Waals surface area (Å²) in [4.78, 5) is 41.9. The van der Waals surface area contributed by atoms with Crippen molar-refractivity contribution in [2.24, 2.45) is 4.99 Å². The molecule has 2 aromatic carbocycles. The van der Waals surface area contributed by atoms with E-state index in [2.05, 4.69) is 4.99 Å². The van der Waals surface area contributed by atoms with Crippen LogP contribution in [0.3, 0.4) is 0 Å². The van der Waals surface area contributed by atoms with Gasteiger partial charge in [-0.15, -0.1) is 0 Å². The second-order valence-corrected chi connectivity index (χ2v) is 8.02. The van der Waals surface area contributed by atoms with Gasteiger partial charge in [-0.05, 0) is 48.9 Å². The highest BCUT2D eigenvalue weighted by atomic mass is 35.5. The lowest BCUT2D eigenvalue weighted by atomic mass is 10.2. The summed E-state index contributed by atoms with van der Waals surface area (Å²) in [5.74, 6) is -1.82. The Bertz CT molecular complexity index is 976. The molecular weight excluding hydrogens is 428 g/mol. The van der Waals surface area contributed by atoms with Gasteiger partial charge < -0.3 is 9.84 Å². The van der Waals surface area contributed by atoms with E-state index in [1.165, 1.54) is 4.90 Å². The number of hydrogen-bond donors (Lipinski definition) is 1. The number of nitrogens with zero attached hydrogens (tertiary/aromatic N) is 2. The Morgan fingerprint density at radius 1 is 1.20 bits per heavy atom. The lowest BCUT2D eigenvalue weighted by Gasteiger charge is -2.30. The number of rotatable bonds is 6. The predicted molar refractivity (Wildman–Crippen MR) is 115 cm³/mol. The number of thioether (sulfide) groups is 1. The van der Waals surface area contributed by atoms with Crippen molar-refractivity contribution in [2.45, 2.75) is 25.1 Å². The number of amidine groups is 1. The molecule has 9 heteroatoms. The number of halogens is 1. The van der Waals surface area contributed by atoms with Crippen molar-refractivity contribution in [2.75, 3.05) is 6.61 Å². The van der Waals surface area contributed by atoms with Crippen LogP contribution in [-0.2, 0) is 20.9 Å². The van der Waals surface area contributed by atoms with Crippen molar-refractivity contribution >= 4 is 52.1 Å². The molecule has 0 spiro atoms. The Hall–Kier alpha value is -2.84. The first-order valence-corrected chi connectivity index (χ1v) is 10.4. The van der Waals surface area contributed by atoms with Gasteiger partial charge in [-0.25, -0.2) is 9.79 Å². The SMILES string of the molecule is CCOC(=O)c1ccc(N=C2S[C@H](C(=O)O)CC(=O)N2Cc2ccc(Cl)cc2)cc1. The minimum atomic E-state index is -1.06. The summed E-state index contributed by atoms with van der Waals surface area (Å²) in [6.07, 6.45) is -0.117. The van der Waals surface area contributed by atoms with Crippen molar-refractivity contribution in [3.05, 3.63) is 64.7 Å². The number of hydrogen-bond acceptors (Lipinski definition) is 6. The molecule has 0 bridgehead atoms. The number of ether oxygens (including phenoxy) is 1. The van der Waals surface area contributed by atoms with Crippen LogP contribution in [0.1, 0.15) is 29.3 Å². The zero-order chi connectivity index (χ0) is 21.7. The zero-order valence-electron chi connectivity index (χ0n) is 16.1. The molecule has 156 valence electrons. The molecule has 0 aliphatic carbocycles. The maximum absolute atomic E-state index is 12.7. The van der Waals surface area contributed by atoms with Crippen LogP contribution in [0.2, 0.25) is 5.02 Å². The van der Waals surface area contributed by atoms with E-state index in [1.807, 2.05) is 0 Å². The number of amides is 1. The fourth-order valence-electron chi connectivity index (χ4n) is 2.76. The van der Waals surface area contributed by atoms with Gasteiger partial charge in [0.05, 0.1) is 30.8 Å². The van der Waals surface area contributed by atoms with E-state index in [4.69, 9.17) is 16.3 Å². The third-order valence-corrected chi connectivity index (χ3v) is 5.70. The van der Waals surface area contributed by atoms with E-state index in [0.29, 0.717) is 16.3 Å². The van der Waals surface area contributed by atoms with Gasteiger partial charge in [0.1, 0.15) is 5.25 Å². The van der Waals surface area contributed by atoms with E-state index >= 15 is 0 Å². The molecule has 1 aliphatic heterocycles. The molecule has 1 N–H and O–H groups in total. The van der Waals surface area contributed by atoms with Crippen molar-refractivity contribution in [3.63, 3.8) is 0 Å². The lowest BCUT2D eigenvalue weighted by molar-refractivity contribution is -0.139. The van der Waals surface area contributed by atoms with E-state index in [1.54, 1.807) is 55.5 Å². The quantitative estimate of drug-likeness (QED) is 0.670. The second-order valence-electron chi connectivity index (χ2n) is 6.42. The van der Waals surface area contributed by atoms with Crippen molar-refractivity contribution in [3.8, 4) is 0 Å². The highest BCUT2D eigenvalue weighted by Crippen LogP contribution is 2.30. The normalized spacial score (nSPS) is 17.8. The van der Waals surface area contributed by atoms with E-state index in [9.17, 15) is 19.5 Å². The Balaban J connectivity index is 1.88. The summed E-state index contributed by atoms with van der Waals surface area (Å²) < 4.78 is 4.96. The summed E-state index contributed by atoms with van der Waals surface area (Å²) in [5.41, 5.74) is 1.72. The van der Waals surface area contributed by atoms with Crippen molar-refractivity contribution < 1.29 is 24.2 Å². The van der Waals surface area contributed by atoms with Crippen LogP contribution in [0.25, 0.3) is 0 Å². The minimum absolute atomic E-state index is 0.117. The molecule has 1 amide bonds. The first kappa shape index (κ1) is 21.9. The van der Waals surface area contributed by atoms with Crippen molar-refractivity contribution in [1.29, 1.82) is 0 Å². The number of carboxylic acid groups (broad SMARTS) is 1. The van der Waals surface area contributed by atoms with Crippen LogP contribution < -0.4 is 0 Å². The first-order valence-electron chi connectivity index (χ1n) is 9.17. The molecule has 2 aromatic rings. The first-order chi connectivity index (χ1) is 14.4. The molecule has 0 unspecified atom stereocenters. The molecule has 3 rings (SSSR count). The van der Waals surface area contributed by atoms with Crippen LogP contribution >= 0.6 is 23.4 Å². The van der Waals surface area contributed by atoms with Crippen LogP contribution in [0.5, 0.6) is 0 Å². The highest BCUT2D eigenvalue weighted by Gasteiger charge is 2.35. The maximum atomic E-state index is 12.7. The molecule has 0 aromatic heterocycles. The number of esters is 1. The predicted octanol–water partition coefficient (Wildman–Crippen LogP) is 4.12. The number of carboxylic acids is 1. The van der Waals surface area contributed by atoms with Gasteiger partial charge in [0.25, 0.3) is 0 Å². The molecule has 0 radical (unpaired) electrons. The Morgan fingerprint density at radius 3 is 2.47 bits per heavy atom. The minimum Gasteiger partial charge on any atom is -0.480 e. The fraction of sp³-hybridized carbons (Fsp3) is 0.238. The molecule has 30 heavy (non-hydrogen) atoms. The molecule has 0 saturated carbocycles. The fourth-order valence-corrected chi connectivity index (χ4v) is 3.92. The van der Waals surface area contributed by atoms with Gasteiger partial charge in [-0.2, -0.15) is 0 Å². The van der Waals surface area contributed by atoms with Crippen LogP contribution in [0.15, 0.2) is 53.5 Å². The Labute approximate surface area is 182 Å². The third-order valence-electron chi connectivity index (χ3n) is 4.27. The van der Waals surface area contributed by atoms with Crippen LogP contribution in [-0.4, -0.2) is 44.9 Å². The molecule has 1 atom stereocenters. The van der Waals surface area contributed by atoms with Crippen molar-refractivity contribution in [1.82, 2.24) is 4.90 Å². The monoisotopic (exact) mass is 446 g/mol. The topological polar surface area (TPSA) is 96.3 Å². The third kappa shape index (κ3) is 5.40. The number of aliphatic imine (C=N–C) groups is 1. The van der Waals surface area contributed by atoms with Gasteiger partial charge in [-0.1, -0.05) is 35.5 Å². The Morgan fingerprint density at radius 2 is 1.87 bits per heavy atom. The van der Waals surface area contributed by atoms with E-state index in [-0.39, 0.29) is 30.6 Å². The zero-order valence-corrected chi connectivity index (χ0v) is 17.7. The van der Waals surface area contributed by atoms with Gasteiger partial charge in [-0.3, -0.25) is 14.5 Å². The molecule has 7 nitrogen and oxygen atoms in total. The summed E-state index contributed by atoms with van der Waals surface area (Å²) in [6, 6.07) is 13.4. The van der Waals surface area contributed by atoms with Gasteiger partial charge in [0, 0.05) is 5.02 Å². The van der Waals surface area contributed by atoms with Crippen LogP contribution in [0.4, 0.5) is 5.69 Å². The number of carbonyl (C=O) groups is 3.